The number of aliphatic imine (C=N–C) groups is 1. The molecule has 6 nitrogen and oxygen atoms in total. The van der Waals surface area contributed by atoms with Gasteiger partial charge in [-0.3, -0.25) is 4.99 Å². The van der Waals surface area contributed by atoms with E-state index in [4.69, 9.17) is 4.74 Å². The molecule has 22 heavy (non-hydrogen) atoms. The van der Waals surface area contributed by atoms with Crippen LogP contribution < -0.4 is 10.6 Å². The highest BCUT2D eigenvalue weighted by atomic mass is 32.1. The van der Waals surface area contributed by atoms with E-state index in [1.807, 2.05) is 6.92 Å². The van der Waals surface area contributed by atoms with E-state index in [0.29, 0.717) is 13.2 Å². The minimum absolute atomic E-state index is 0.0146. The maximum Gasteiger partial charge on any atom is 0.191 e. The van der Waals surface area contributed by atoms with Crippen LogP contribution in [0.3, 0.4) is 0 Å². The number of aliphatic hydroxyl groups is 1. The van der Waals surface area contributed by atoms with Crippen LogP contribution in [0.15, 0.2) is 4.99 Å². The summed E-state index contributed by atoms with van der Waals surface area (Å²) in [5.41, 5.74) is 1.11. The van der Waals surface area contributed by atoms with E-state index in [1.165, 1.54) is 4.88 Å². The SMILES string of the molecule is CN=C(NCc1nc(C)c(C)s1)NCC1(CCO)CCOC1. The van der Waals surface area contributed by atoms with Crippen LogP contribution in [0, 0.1) is 19.3 Å². The van der Waals surface area contributed by atoms with Gasteiger partial charge >= 0.3 is 0 Å². The molecule has 1 aliphatic heterocycles. The quantitative estimate of drug-likeness (QED) is 0.541. The van der Waals surface area contributed by atoms with Crippen molar-refractivity contribution in [3.63, 3.8) is 0 Å². The van der Waals surface area contributed by atoms with Gasteiger partial charge in [-0.25, -0.2) is 4.98 Å². The molecule has 2 rings (SSSR count). The number of nitrogens with zero attached hydrogens (tertiary/aromatic N) is 2. The minimum Gasteiger partial charge on any atom is -0.396 e. The summed E-state index contributed by atoms with van der Waals surface area (Å²) in [5.74, 6) is 0.759. The van der Waals surface area contributed by atoms with Crippen molar-refractivity contribution in [1.82, 2.24) is 15.6 Å². The van der Waals surface area contributed by atoms with Gasteiger partial charge in [-0.05, 0) is 26.7 Å². The lowest BCUT2D eigenvalue weighted by Crippen LogP contribution is -2.44. The second kappa shape index (κ2) is 7.89. The number of nitrogens with one attached hydrogen (secondary N) is 2. The van der Waals surface area contributed by atoms with Crippen LogP contribution in [0.25, 0.3) is 0 Å². The van der Waals surface area contributed by atoms with E-state index in [1.54, 1.807) is 18.4 Å². The Kier molecular flexibility index (Phi) is 6.16. The molecule has 1 aromatic heterocycles. The van der Waals surface area contributed by atoms with Gasteiger partial charge in [0.15, 0.2) is 5.96 Å². The normalized spacial score (nSPS) is 22.1. The van der Waals surface area contributed by atoms with Gasteiger partial charge in [0.05, 0.1) is 18.8 Å². The van der Waals surface area contributed by atoms with Crippen LogP contribution in [0.2, 0.25) is 0 Å². The van der Waals surface area contributed by atoms with Crippen LogP contribution in [0.5, 0.6) is 0 Å². The van der Waals surface area contributed by atoms with Gasteiger partial charge in [-0.1, -0.05) is 0 Å². The monoisotopic (exact) mass is 326 g/mol. The van der Waals surface area contributed by atoms with Gasteiger partial charge in [0, 0.05) is 37.1 Å². The van der Waals surface area contributed by atoms with Crippen molar-refractivity contribution in [3.8, 4) is 0 Å². The van der Waals surface area contributed by atoms with E-state index in [-0.39, 0.29) is 12.0 Å². The Morgan fingerprint density at radius 2 is 2.27 bits per heavy atom. The molecule has 0 aliphatic carbocycles. The Bertz CT molecular complexity index is 490. The third-order valence-electron chi connectivity index (χ3n) is 4.16. The Morgan fingerprint density at radius 3 is 2.82 bits per heavy atom. The molecule has 1 aliphatic rings. The van der Waals surface area contributed by atoms with Crippen LogP contribution in [-0.2, 0) is 11.3 Å². The summed E-state index contributed by atoms with van der Waals surface area (Å²) in [5, 5.41) is 17.0. The lowest BCUT2D eigenvalue weighted by molar-refractivity contribution is 0.127. The number of aliphatic hydroxyl groups excluding tert-OH is 1. The average molecular weight is 326 g/mol. The van der Waals surface area contributed by atoms with Gasteiger partial charge in [0.25, 0.3) is 0 Å². The summed E-state index contributed by atoms with van der Waals surface area (Å²) in [6, 6.07) is 0. The molecule has 1 unspecified atom stereocenters. The van der Waals surface area contributed by atoms with Gasteiger partial charge in [-0.15, -0.1) is 11.3 Å². The number of guanidine groups is 1. The summed E-state index contributed by atoms with van der Waals surface area (Å²) in [4.78, 5) is 10.0. The molecule has 0 bridgehead atoms. The maximum absolute atomic E-state index is 9.26. The third kappa shape index (κ3) is 4.41. The van der Waals surface area contributed by atoms with Crippen LogP contribution in [-0.4, -0.2) is 49.5 Å². The van der Waals surface area contributed by atoms with Crippen molar-refractivity contribution in [2.24, 2.45) is 10.4 Å². The third-order valence-corrected chi connectivity index (χ3v) is 5.23. The summed E-state index contributed by atoms with van der Waals surface area (Å²) in [6.45, 7) is 7.19. The fraction of sp³-hybridized carbons (Fsp3) is 0.733. The van der Waals surface area contributed by atoms with E-state index < -0.39 is 0 Å². The number of aromatic nitrogens is 1. The van der Waals surface area contributed by atoms with Crippen molar-refractivity contribution in [1.29, 1.82) is 0 Å². The molecule has 0 amide bonds. The highest BCUT2D eigenvalue weighted by Crippen LogP contribution is 2.31. The highest BCUT2D eigenvalue weighted by molar-refractivity contribution is 7.11. The molecular weight excluding hydrogens is 300 g/mol. The first-order valence-electron chi connectivity index (χ1n) is 7.64. The lowest BCUT2D eigenvalue weighted by Gasteiger charge is -2.27. The van der Waals surface area contributed by atoms with E-state index in [2.05, 4.69) is 27.5 Å². The molecule has 1 aromatic rings. The van der Waals surface area contributed by atoms with Gasteiger partial charge in [-0.2, -0.15) is 0 Å². The molecule has 7 heteroatoms. The van der Waals surface area contributed by atoms with Crippen molar-refractivity contribution >= 4 is 17.3 Å². The first-order valence-corrected chi connectivity index (χ1v) is 8.46. The van der Waals surface area contributed by atoms with Gasteiger partial charge in [0.1, 0.15) is 5.01 Å². The topological polar surface area (TPSA) is 78.8 Å². The fourth-order valence-corrected chi connectivity index (χ4v) is 3.45. The predicted molar refractivity (Wildman–Crippen MR) is 89.4 cm³/mol. The summed E-state index contributed by atoms with van der Waals surface area (Å²) < 4.78 is 5.50. The van der Waals surface area contributed by atoms with Crippen LogP contribution >= 0.6 is 11.3 Å². The number of hydrogen-bond donors (Lipinski definition) is 3. The molecule has 0 radical (unpaired) electrons. The molecule has 1 saturated heterocycles. The number of ether oxygens (including phenoxy) is 1. The van der Waals surface area contributed by atoms with Crippen molar-refractivity contribution < 1.29 is 9.84 Å². The predicted octanol–water partition coefficient (Wildman–Crippen LogP) is 1.21. The molecular formula is C15H26N4O2S. The van der Waals surface area contributed by atoms with Gasteiger partial charge in [0.2, 0.25) is 0 Å². The van der Waals surface area contributed by atoms with Crippen LogP contribution in [0.1, 0.15) is 28.4 Å². The van der Waals surface area contributed by atoms with E-state index >= 15 is 0 Å². The van der Waals surface area contributed by atoms with E-state index in [9.17, 15) is 5.11 Å². The summed E-state index contributed by atoms with van der Waals surface area (Å²) >= 11 is 1.71. The zero-order valence-corrected chi connectivity index (χ0v) is 14.4. The second-order valence-electron chi connectivity index (χ2n) is 5.80. The Morgan fingerprint density at radius 1 is 1.45 bits per heavy atom. The molecule has 3 N–H and O–H groups in total. The Balaban J connectivity index is 1.84. The smallest absolute Gasteiger partial charge is 0.191 e. The second-order valence-corrected chi connectivity index (χ2v) is 7.09. The van der Waals surface area contributed by atoms with E-state index in [0.717, 1.165) is 42.7 Å². The first kappa shape index (κ1) is 17.2. The minimum atomic E-state index is 0.0146. The van der Waals surface area contributed by atoms with Crippen molar-refractivity contribution in [2.75, 3.05) is 33.4 Å². The zero-order valence-electron chi connectivity index (χ0n) is 13.6. The maximum atomic E-state index is 9.26. The lowest BCUT2D eigenvalue weighted by atomic mass is 9.84. The molecule has 0 saturated carbocycles. The molecule has 124 valence electrons. The fourth-order valence-electron chi connectivity index (χ4n) is 2.58. The van der Waals surface area contributed by atoms with Crippen molar-refractivity contribution in [2.45, 2.75) is 33.2 Å². The zero-order chi connectivity index (χ0) is 16.0. The summed E-state index contributed by atoms with van der Waals surface area (Å²) in [6.07, 6.45) is 1.73. The Labute approximate surface area is 136 Å². The Hall–Kier alpha value is -1.18. The number of thiazole rings is 1. The standard InChI is InChI=1S/C15H26N4O2S/c1-11-12(2)22-13(19-11)8-17-14(16-3)18-9-15(4-6-20)5-7-21-10-15/h20H,4-10H2,1-3H3,(H2,16,17,18). The number of rotatable bonds is 6. The number of aryl methyl sites for hydroxylation is 2. The molecule has 0 spiro atoms. The molecule has 2 heterocycles. The van der Waals surface area contributed by atoms with Crippen molar-refractivity contribution in [3.05, 3.63) is 15.6 Å². The highest BCUT2D eigenvalue weighted by Gasteiger charge is 2.34. The number of hydrogen-bond acceptors (Lipinski definition) is 5. The molecule has 1 fully saturated rings. The van der Waals surface area contributed by atoms with Gasteiger partial charge < -0.3 is 20.5 Å². The summed E-state index contributed by atoms with van der Waals surface area (Å²) in [7, 11) is 1.76. The molecule has 0 aromatic carbocycles. The van der Waals surface area contributed by atoms with Crippen LogP contribution in [0.4, 0.5) is 0 Å². The molecule has 1 atom stereocenters. The average Bonchev–Trinajstić information content (AvgIpc) is 3.08. The largest absolute Gasteiger partial charge is 0.396 e. The first-order chi connectivity index (χ1) is 10.6.